The highest BCUT2D eigenvalue weighted by atomic mass is 14.6. The number of hydrogen-bond donors (Lipinski definition) is 1. The van der Waals surface area contributed by atoms with Gasteiger partial charge in [-0.25, -0.2) is 0 Å². The highest BCUT2D eigenvalue weighted by molar-refractivity contribution is 5.34. The summed E-state index contributed by atoms with van der Waals surface area (Å²) in [4.78, 5) is 3.07. The zero-order valence-electron chi connectivity index (χ0n) is 6.09. The van der Waals surface area contributed by atoms with E-state index in [0.717, 1.165) is 10.6 Å². The Morgan fingerprint density at radius 2 is 2.50 bits per heavy atom. The molecule has 0 amide bonds. The SMILES string of the molecule is C=c1cc[nH]/c1=C/C=C\C.[HH]. The van der Waals surface area contributed by atoms with Crippen LogP contribution < -0.4 is 10.6 Å². The summed E-state index contributed by atoms with van der Waals surface area (Å²) in [5.41, 5.74) is 0. The second-order valence-corrected chi connectivity index (χ2v) is 2.11. The van der Waals surface area contributed by atoms with Gasteiger partial charge >= 0.3 is 0 Å². The van der Waals surface area contributed by atoms with E-state index in [9.17, 15) is 0 Å². The lowest BCUT2D eigenvalue weighted by Crippen LogP contribution is -2.19. The fourth-order valence-electron chi connectivity index (χ4n) is 0.762. The largest absolute Gasteiger partial charge is 0.361 e. The maximum atomic E-state index is 3.84. The Morgan fingerprint density at radius 3 is 3.00 bits per heavy atom. The molecule has 1 N–H and O–H groups in total. The molecule has 10 heavy (non-hydrogen) atoms. The minimum absolute atomic E-state index is 0. The van der Waals surface area contributed by atoms with Gasteiger partial charge in [-0.2, -0.15) is 0 Å². The smallest absolute Gasteiger partial charge is 0.0447 e. The summed E-state index contributed by atoms with van der Waals surface area (Å²) in [7, 11) is 0. The van der Waals surface area contributed by atoms with Crippen LogP contribution in [0.25, 0.3) is 12.7 Å². The average molecular weight is 135 g/mol. The summed E-state index contributed by atoms with van der Waals surface area (Å²) in [6, 6.07) is 1.95. The van der Waals surface area contributed by atoms with Crippen LogP contribution >= 0.6 is 0 Å². The van der Waals surface area contributed by atoms with Gasteiger partial charge < -0.3 is 4.98 Å². The van der Waals surface area contributed by atoms with Crippen LogP contribution in [0.5, 0.6) is 0 Å². The van der Waals surface area contributed by atoms with Crippen molar-refractivity contribution >= 4 is 12.7 Å². The summed E-state index contributed by atoms with van der Waals surface area (Å²) in [5, 5.41) is 2.12. The molecular weight excluding hydrogens is 122 g/mol. The van der Waals surface area contributed by atoms with Gasteiger partial charge in [0, 0.05) is 13.0 Å². The maximum Gasteiger partial charge on any atom is 0.0447 e. The lowest BCUT2D eigenvalue weighted by atomic mass is 10.4. The maximum absolute atomic E-state index is 3.84. The fourth-order valence-corrected chi connectivity index (χ4v) is 0.762. The highest BCUT2D eigenvalue weighted by Gasteiger charge is 1.77. The van der Waals surface area contributed by atoms with Gasteiger partial charge in [0.05, 0.1) is 0 Å². The molecule has 1 aromatic rings. The van der Waals surface area contributed by atoms with Crippen LogP contribution in [0.3, 0.4) is 0 Å². The van der Waals surface area contributed by atoms with Crippen molar-refractivity contribution in [1.29, 1.82) is 0 Å². The molecule has 0 spiro atoms. The third-order valence-electron chi connectivity index (χ3n) is 1.32. The van der Waals surface area contributed by atoms with Gasteiger partial charge in [0.25, 0.3) is 0 Å². The van der Waals surface area contributed by atoms with Crippen LogP contribution in [-0.2, 0) is 0 Å². The van der Waals surface area contributed by atoms with Crippen molar-refractivity contribution in [1.82, 2.24) is 4.98 Å². The average Bonchev–Trinajstić information content (AvgIpc) is 2.31. The minimum atomic E-state index is 0. The third kappa shape index (κ3) is 1.38. The van der Waals surface area contributed by atoms with Gasteiger partial charge in [-0.3, -0.25) is 0 Å². The molecule has 0 aliphatic heterocycles. The van der Waals surface area contributed by atoms with Crippen LogP contribution in [-0.4, -0.2) is 4.98 Å². The molecule has 0 aliphatic rings. The van der Waals surface area contributed by atoms with Gasteiger partial charge in [0.1, 0.15) is 0 Å². The zero-order chi connectivity index (χ0) is 7.40. The molecular formula is C9H13N. The van der Waals surface area contributed by atoms with Gasteiger partial charge in [0.2, 0.25) is 0 Å². The van der Waals surface area contributed by atoms with Crippen LogP contribution in [0.15, 0.2) is 24.4 Å². The van der Waals surface area contributed by atoms with E-state index < -0.39 is 0 Å². The molecule has 0 saturated carbocycles. The molecule has 0 radical (unpaired) electrons. The van der Waals surface area contributed by atoms with E-state index in [1.807, 2.05) is 37.4 Å². The summed E-state index contributed by atoms with van der Waals surface area (Å²) in [5.74, 6) is 0. The first kappa shape index (κ1) is 6.87. The molecule has 0 fully saturated rings. The van der Waals surface area contributed by atoms with E-state index >= 15 is 0 Å². The molecule has 0 atom stereocenters. The minimum Gasteiger partial charge on any atom is -0.361 e. The van der Waals surface area contributed by atoms with Crippen molar-refractivity contribution < 1.29 is 1.43 Å². The second kappa shape index (κ2) is 3.06. The lowest BCUT2D eigenvalue weighted by molar-refractivity contribution is 1.32. The van der Waals surface area contributed by atoms with E-state index in [1.165, 1.54) is 0 Å². The van der Waals surface area contributed by atoms with Crippen molar-refractivity contribution in [2.75, 3.05) is 0 Å². The Morgan fingerprint density at radius 1 is 1.70 bits per heavy atom. The topological polar surface area (TPSA) is 15.8 Å². The Kier molecular flexibility index (Phi) is 2.11. The molecule has 0 unspecified atom stereocenters. The summed E-state index contributed by atoms with van der Waals surface area (Å²) in [6.45, 7) is 5.83. The monoisotopic (exact) mass is 135 g/mol. The van der Waals surface area contributed by atoms with Crippen LogP contribution in [0, 0.1) is 0 Å². The molecule has 1 heteroatoms. The molecule has 1 rings (SSSR count). The van der Waals surface area contributed by atoms with Crippen molar-refractivity contribution in [3.63, 3.8) is 0 Å². The normalized spacial score (nSPS) is 13.1. The number of aromatic amines is 1. The number of nitrogens with one attached hydrogen (secondary N) is 1. The lowest BCUT2D eigenvalue weighted by Gasteiger charge is -1.73. The first-order valence-electron chi connectivity index (χ1n) is 3.30. The van der Waals surface area contributed by atoms with Crippen LogP contribution in [0.1, 0.15) is 8.35 Å². The Labute approximate surface area is 61.9 Å². The number of aromatic nitrogens is 1. The van der Waals surface area contributed by atoms with E-state index in [4.69, 9.17) is 0 Å². The van der Waals surface area contributed by atoms with Gasteiger partial charge in [-0.15, -0.1) is 0 Å². The Balaban J connectivity index is 0.000001000. The molecule has 1 aromatic heterocycles. The summed E-state index contributed by atoms with van der Waals surface area (Å²) >= 11 is 0. The van der Waals surface area contributed by atoms with Crippen molar-refractivity contribution in [3.8, 4) is 0 Å². The fraction of sp³-hybridized carbons (Fsp3) is 0.111. The predicted molar refractivity (Wildman–Crippen MR) is 47.0 cm³/mol. The molecule has 0 aliphatic carbocycles. The molecule has 54 valence electrons. The van der Waals surface area contributed by atoms with Gasteiger partial charge in [0.15, 0.2) is 0 Å². The second-order valence-electron chi connectivity index (χ2n) is 2.11. The van der Waals surface area contributed by atoms with Crippen molar-refractivity contribution in [2.24, 2.45) is 0 Å². The van der Waals surface area contributed by atoms with E-state index in [0.29, 0.717) is 0 Å². The van der Waals surface area contributed by atoms with E-state index in [2.05, 4.69) is 11.6 Å². The molecule has 1 nitrogen and oxygen atoms in total. The highest BCUT2D eigenvalue weighted by Crippen LogP contribution is 1.69. The Bertz CT molecular complexity index is 322. The van der Waals surface area contributed by atoms with E-state index in [1.54, 1.807) is 0 Å². The quantitative estimate of drug-likeness (QED) is 0.592. The predicted octanol–water partition coefficient (Wildman–Crippen LogP) is 1.03. The summed E-state index contributed by atoms with van der Waals surface area (Å²) < 4.78 is 0. The standard InChI is InChI=1S/C9H11N.H2/c1-3-4-5-9-8(2)6-7-10-9;/h3-7,10H,2H2,1H3;1H/b4-3-,9-5+;. The molecule has 1 heterocycles. The molecule has 0 bridgehead atoms. The van der Waals surface area contributed by atoms with Crippen molar-refractivity contribution in [2.45, 2.75) is 6.92 Å². The van der Waals surface area contributed by atoms with Crippen LogP contribution in [0.4, 0.5) is 0 Å². The number of H-pyrrole nitrogens is 1. The first-order chi connectivity index (χ1) is 4.84. The zero-order valence-corrected chi connectivity index (χ0v) is 6.09. The molecule has 0 aromatic carbocycles. The Hall–Kier alpha value is -1.24. The van der Waals surface area contributed by atoms with E-state index in [-0.39, 0.29) is 1.43 Å². The summed E-state index contributed by atoms with van der Waals surface area (Å²) in [6.07, 6.45) is 7.86. The van der Waals surface area contributed by atoms with Gasteiger partial charge in [-0.1, -0.05) is 18.7 Å². The number of rotatable bonds is 1. The first-order valence-corrected chi connectivity index (χ1v) is 3.30. The molecule has 0 saturated heterocycles. The number of allylic oxidation sites excluding steroid dienone is 2. The van der Waals surface area contributed by atoms with Crippen LogP contribution in [0.2, 0.25) is 0 Å². The van der Waals surface area contributed by atoms with Crippen molar-refractivity contribution in [3.05, 3.63) is 35.0 Å². The van der Waals surface area contributed by atoms with Gasteiger partial charge in [-0.05, 0) is 24.3 Å². The number of hydrogen-bond acceptors (Lipinski definition) is 0. The third-order valence-corrected chi connectivity index (χ3v) is 1.32.